The third-order valence-corrected chi connectivity index (χ3v) is 11.4. The van der Waals surface area contributed by atoms with Crippen LogP contribution in [0.5, 0.6) is 0 Å². The van der Waals surface area contributed by atoms with E-state index >= 15 is 0 Å². The Kier molecular flexibility index (Phi) is 17.1. The van der Waals surface area contributed by atoms with E-state index in [9.17, 15) is 0 Å². The second kappa shape index (κ2) is 24.1. The van der Waals surface area contributed by atoms with Crippen molar-refractivity contribution in [3.05, 3.63) is 228 Å². The Balaban J connectivity index is 1.10. The summed E-state index contributed by atoms with van der Waals surface area (Å²) in [5, 5.41) is 0. The molecule has 8 rings (SSSR count). The Bertz CT molecular complexity index is 2210. The summed E-state index contributed by atoms with van der Waals surface area (Å²) < 4.78 is 60.1. The molecule has 9 nitrogen and oxygen atoms in total. The van der Waals surface area contributed by atoms with Gasteiger partial charge in [0.1, 0.15) is 48.8 Å². The third-order valence-electron chi connectivity index (χ3n) is 11.4. The van der Waals surface area contributed by atoms with E-state index < -0.39 is 55.1 Å². The Morgan fingerprint density at radius 1 is 0.359 bits per heavy atom. The van der Waals surface area contributed by atoms with Gasteiger partial charge < -0.3 is 42.6 Å². The molecule has 0 saturated carbocycles. The van der Waals surface area contributed by atoms with Crippen LogP contribution >= 0.6 is 0 Å². The molecule has 0 bridgehead atoms. The molecule has 0 aliphatic carbocycles. The molecule has 0 aromatic heterocycles. The van der Waals surface area contributed by atoms with Crippen LogP contribution in [-0.4, -0.2) is 68.8 Å². The van der Waals surface area contributed by atoms with Gasteiger partial charge in [-0.25, -0.2) is 0 Å². The van der Waals surface area contributed by atoms with Gasteiger partial charge in [-0.2, -0.15) is 0 Å². The van der Waals surface area contributed by atoms with E-state index in [0.717, 1.165) is 33.4 Å². The van der Waals surface area contributed by atoms with Crippen molar-refractivity contribution >= 4 is 0 Å². The predicted octanol–water partition coefficient (Wildman–Crippen LogP) is 9.83. The number of methoxy groups -OCH3 is 1. The fraction of sp³-hybridized carbons (Fsp3) is 0.309. The summed E-state index contributed by atoms with van der Waals surface area (Å²) in [4.78, 5) is 0. The van der Waals surface area contributed by atoms with Crippen LogP contribution in [0.3, 0.4) is 0 Å². The van der Waals surface area contributed by atoms with Crippen molar-refractivity contribution in [1.82, 2.24) is 0 Å². The summed E-state index contributed by atoms with van der Waals surface area (Å²) in [6.07, 6.45) is -1.20. The molecule has 9 heteroatoms. The second-order valence-electron chi connectivity index (χ2n) is 16.0. The van der Waals surface area contributed by atoms with Crippen LogP contribution in [0.25, 0.3) is 0 Å². The van der Waals surface area contributed by atoms with E-state index in [4.69, 9.17) is 42.6 Å². The van der Waals surface area contributed by atoms with Gasteiger partial charge in [-0.1, -0.05) is 194 Å². The maximum Gasteiger partial charge on any atom is 0.186 e. The number of rotatable bonds is 22. The lowest BCUT2D eigenvalue weighted by Gasteiger charge is -2.45. The lowest BCUT2D eigenvalue weighted by Crippen LogP contribution is -2.60. The van der Waals surface area contributed by atoms with Crippen LogP contribution in [0.2, 0.25) is 0 Å². The van der Waals surface area contributed by atoms with E-state index in [1.54, 1.807) is 7.11 Å². The third kappa shape index (κ3) is 12.9. The monoisotopic (exact) mass is 862 g/mol. The van der Waals surface area contributed by atoms with Gasteiger partial charge in [0.05, 0.1) is 46.2 Å². The van der Waals surface area contributed by atoms with Gasteiger partial charge in [0.15, 0.2) is 6.29 Å². The SMILES string of the molecule is CO[C@H]1O[C@H](C=C[C@H]2O[C@@H](COCc3ccccc3)[C@@H](OCc3ccccc3)[C@@H]2OCc2ccccc2)[C@@H](OCc2ccccc2)[C@H](OCc2ccccc2)[C@H]1OCc1ccccc1. The minimum absolute atomic E-state index is 0.300. The second-order valence-corrected chi connectivity index (χ2v) is 16.0. The number of hydrogen-bond donors (Lipinski definition) is 0. The van der Waals surface area contributed by atoms with E-state index in [1.807, 2.05) is 158 Å². The highest BCUT2D eigenvalue weighted by Crippen LogP contribution is 2.34. The summed E-state index contributed by atoms with van der Waals surface area (Å²) in [5.41, 5.74) is 6.25. The van der Waals surface area contributed by atoms with Crippen LogP contribution in [0.1, 0.15) is 33.4 Å². The maximum atomic E-state index is 6.91. The molecule has 6 aromatic rings. The molecule has 2 heterocycles. The first-order chi connectivity index (χ1) is 31.7. The van der Waals surface area contributed by atoms with Crippen molar-refractivity contribution in [2.75, 3.05) is 13.7 Å². The number of ether oxygens (including phenoxy) is 9. The van der Waals surface area contributed by atoms with Crippen LogP contribution < -0.4 is 0 Å². The molecule has 2 aliphatic heterocycles. The topological polar surface area (TPSA) is 83.1 Å². The largest absolute Gasteiger partial charge is 0.374 e. The zero-order chi connectivity index (χ0) is 43.6. The van der Waals surface area contributed by atoms with Gasteiger partial charge in [0, 0.05) is 7.11 Å². The van der Waals surface area contributed by atoms with Gasteiger partial charge >= 0.3 is 0 Å². The zero-order valence-corrected chi connectivity index (χ0v) is 36.3. The predicted molar refractivity (Wildman–Crippen MR) is 245 cm³/mol. The zero-order valence-electron chi connectivity index (χ0n) is 36.3. The van der Waals surface area contributed by atoms with E-state index in [0.29, 0.717) is 46.2 Å². The number of hydrogen-bond acceptors (Lipinski definition) is 9. The van der Waals surface area contributed by atoms with Crippen molar-refractivity contribution in [1.29, 1.82) is 0 Å². The molecule has 2 fully saturated rings. The average Bonchev–Trinajstić information content (AvgIpc) is 3.69. The Hall–Kier alpha value is -5.30. The molecule has 332 valence electrons. The molecule has 2 aliphatic rings. The summed E-state index contributed by atoms with van der Waals surface area (Å²) in [7, 11) is 1.63. The average molecular weight is 863 g/mol. The lowest BCUT2D eigenvalue weighted by atomic mass is 9.96. The smallest absolute Gasteiger partial charge is 0.186 e. The van der Waals surface area contributed by atoms with Gasteiger partial charge in [-0.05, 0) is 33.4 Å². The van der Waals surface area contributed by atoms with Gasteiger partial charge in [-0.15, -0.1) is 0 Å². The molecule has 6 aromatic carbocycles. The first-order valence-corrected chi connectivity index (χ1v) is 22.1. The van der Waals surface area contributed by atoms with Gasteiger partial charge in [-0.3, -0.25) is 0 Å². The van der Waals surface area contributed by atoms with Gasteiger partial charge in [0.25, 0.3) is 0 Å². The van der Waals surface area contributed by atoms with Crippen LogP contribution in [0.4, 0.5) is 0 Å². The molecule has 0 N–H and O–H groups in total. The van der Waals surface area contributed by atoms with Crippen LogP contribution in [0, 0.1) is 0 Å². The van der Waals surface area contributed by atoms with Crippen LogP contribution in [0.15, 0.2) is 194 Å². The minimum Gasteiger partial charge on any atom is -0.374 e. The lowest BCUT2D eigenvalue weighted by molar-refractivity contribution is -0.309. The maximum absolute atomic E-state index is 6.91. The molecule has 0 spiro atoms. The van der Waals surface area contributed by atoms with Crippen molar-refractivity contribution in [3.8, 4) is 0 Å². The normalized spacial score (nSPS) is 24.5. The highest BCUT2D eigenvalue weighted by atomic mass is 16.7. The highest BCUT2D eigenvalue weighted by Gasteiger charge is 2.49. The first-order valence-electron chi connectivity index (χ1n) is 22.1. The molecule has 9 atom stereocenters. The number of benzene rings is 6. The Morgan fingerprint density at radius 3 is 1.06 bits per heavy atom. The molecular weight excluding hydrogens is 805 g/mol. The standard InChI is InChI=1S/C55H58O9/c1-56-55-54(62-39-46-30-18-7-19-31-46)53(61-38-45-28-16-6-17-29-45)51(59-36-43-24-12-4-13-25-43)48(64-55)33-32-47-50(58-35-42-22-10-3-11-23-42)52(60-37-44-26-14-5-15-27-44)49(63-47)40-57-34-41-20-8-2-9-21-41/h2-33,47-55H,34-40H2,1H3/t47-,48-,49+,50-,51-,52-,53+,54-,55+/m1/s1. The van der Waals surface area contributed by atoms with Gasteiger partial charge in [0.2, 0.25) is 0 Å². The summed E-state index contributed by atoms with van der Waals surface area (Å²) in [5.74, 6) is 0. The van der Waals surface area contributed by atoms with Crippen molar-refractivity contribution in [2.45, 2.75) is 94.8 Å². The molecule has 0 amide bonds. The molecule has 0 unspecified atom stereocenters. The Morgan fingerprint density at radius 2 is 0.672 bits per heavy atom. The molecule has 64 heavy (non-hydrogen) atoms. The molecule has 2 saturated heterocycles. The van der Waals surface area contributed by atoms with E-state index in [2.05, 4.69) is 36.4 Å². The Labute approximate surface area is 377 Å². The van der Waals surface area contributed by atoms with Crippen molar-refractivity contribution < 1.29 is 42.6 Å². The highest BCUT2D eigenvalue weighted by molar-refractivity contribution is 5.19. The van der Waals surface area contributed by atoms with E-state index in [-0.39, 0.29) is 0 Å². The first kappa shape index (κ1) is 45.3. The molecule has 0 radical (unpaired) electrons. The van der Waals surface area contributed by atoms with Crippen molar-refractivity contribution in [3.63, 3.8) is 0 Å². The summed E-state index contributed by atoms with van der Waals surface area (Å²) in [6.45, 7) is 2.48. The fourth-order valence-electron chi connectivity index (χ4n) is 8.09. The summed E-state index contributed by atoms with van der Waals surface area (Å²) in [6, 6.07) is 60.7. The summed E-state index contributed by atoms with van der Waals surface area (Å²) >= 11 is 0. The minimum atomic E-state index is -0.786. The fourth-order valence-corrected chi connectivity index (χ4v) is 8.09. The molecular formula is C55H58O9. The van der Waals surface area contributed by atoms with Crippen molar-refractivity contribution in [2.24, 2.45) is 0 Å². The quantitative estimate of drug-likeness (QED) is 0.0620. The van der Waals surface area contributed by atoms with Crippen LogP contribution in [-0.2, 0) is 82.3 Å². The van der Waals surface area contributed by atoms with E-state index in [1.165, 1.54) is 0 Å².